The van der Waals surface area contributed by atoms with Gasteiger partial charge in [0.1, 0.15) is 12.7 Å². The zero-order chi connectivity index (χ0) is 16.2. The van der Waals surface area contributed by atoms with Gasteiger partial charge in [-0.15, -0.1) is 0 Å². The molecule has 1 atom stereocenters. The van der Waals surface area contributed by atoms with Gasteiger partial charge in [0.05, 0.1) is 5.70 Å². The van der Waals surface area contributed by atoms with Gasteiger partial charge in [-0.25, -0.2) is 9.67 Å². The summed E-state index contributed by atoms with van der Waals surface area (Å²) in [5.74, 6) is -0.935. The maximum absolute atomic E-state index is 11.3. The second-order valence-electron chi connectivity index (χ2n) is 7.12. The van der Waals surface area contributed by atoms with E-state index in [0.717, 1.165) is 12.8 Å². The van der Waals surface area contributed by atoms with Crippen molar-refractivity contribution >= 4 is 5.70 Å². The maximum Gasteiger partial charge on any atom is 0.214 e. The van der Waals surface area contributed by atoms with Gasteiger partial charge in [-0.3, -0.25) is 0 Å². The van der Waals surface area contributed by atoms with E-state index >= 15 is 0 Å². The molecule has 1 aliphatic carbocycles. The number of hydrogen-bond donors (Lipinski definition) is 1. The van der Waals surface area contributed by atoms with Crippen LogP contribution in [0.2, 0.25) is 0 Å². The van der Waals surface area contributed by atoms with Crippen LogP contribution >= 0.6 is 0 Å². The zero-order valence-electron chi connectivity index (χ0n) is 14.2. The molecular weight excluding hydrogens is 278 g/mol. The molecule has 1 saturated carbocycles. The summed E-state index contributed by atoms with van der Waals surface area (Å²) < 4.78 is 7.47. The van der Waals surface area contributed by atoms with Crippen molar-refractivity contribution in [2.24, 2.45) is 11.3 Å². The van der Waals surface area contributed by atoms with Crippen molar-refractivity contribution in [3.63, 3.8) is 0 Å². The molecule has 5 nitrogen and oxygen atoms in total. The molecule has 1 heterocycles. The van der Waals surface area contributed by atoms with Gasteiger partial charge in [0.2, 0.25) is 5.79 Å². The highest BCUT2D eigenvalue weighted by Crippen LogP contribution is 2.41. The van der Waals surface area contributed by atoms with Crippen LogP contribution in [0.25, 0.3) is 5.70 Å². The minimum atomic E-state index is -1.40. The van der Waals surface area contributed by atoms with Gasteiger partial charge < -0.3 is 9.84 Å². The number of hydrogen-bond acceptors (Lipinski definition) is 4. The molecule has 0 aliphatic heterocycles. The number of aromatic nitrogens is 3. The lowest BCUT2D eigenvalue weighted by Crippen LogP contribution is -2.48. The molecule has 0 radical (unpaired) electrons. The third-order valence-corrected chi connectivity index (χ3v) is 4.43. The fourth-order valence-corrected chi connectivity index (χ4v) is 3.08. The van der Waals surface area contributed by atoms with E-state index in [-0.39, 0.29) is 0 Å². The Kier molecular flexibility index (Phi) is 5.40. The number of nitrogens with zero attached hydrogens (tertiary/aromatic N) is 3. The molecule has 0 amide bonds. The van der Waals surface area contributed by atoms with Crippen molar-refractivity contribution in [2.75, 3.05) is 6.61 Å². The molecule has 1 fully saturated rings. The maximum atomic E-state index is 11.3. The van der Waals surface area contributed by atoms with Crippen molar-refractivity contribution < 1.29 is 9.84 Å². The fourth-order valence-electron chi connectivity index (χ4n) is 3.08. The Hall–Kier alpha value is -1.20. The van der Waals surface area contributed by atoms with Crippen molar-refractivity contribution in [3.8, 4) is 0 Å². The first-order valence-corrected chi connectivity index (χ1v) is 8.32. The molecule has 2 rings (SSSR count). The van der Waals surface area contributed by atoms with Gasteiger partial charge >= 0.3 is 0 Å². The van der Waals surface area contributed by atoms with Crippen molar-refractivity contribution in [1.29, 1.82) is 0 Å². The lowest BCUT2D eigenvalue weighted by molar-refractivity contribution is -0.218. The van der Waals surface area contributed by atoms with Crippen molar-refractivity contribution in [3.05, 3.63) is 18.7 Å². The lowest BCUT2D eigenvalue weighted by Gasteiger charge is -2.41. The van der Waals surface area contributed by atoms with Crippen LogP contribution in [0.4, 0.5) is 0 Å². The number of aliphatic hydroxyl groups is 1. The van der Waals surface area contributed by atoms with E-state index in [4.69, 9.17) is 4.74 Å². The third kappa shape index (κ3) is 3.58. The Labute approximate surface area is 133 Å². The second kappa shape index (κ2) is 6.92. The Morgan fingerprint density at radius 2 is 2.00 bits per heavy atom. The Bertz CT molecular complexity index is 485. The standard InChI is InChI=1S/C17H29N3O2/c1-5-22-17(21,16(2,3)4)15(20-13-18-12-19-20)11-14-9-7-6-8-10-14/h11-14,21H,5-10H2,1-4H3. The summed E-state index contributed by atoms with van der Waals surface area (Å²) in [5.41, 5.74) is 0.210. The quantitative estimate of drug-likeness (QED) is 0.846. The summed E-state index contributed by atoms with van der Waals surface area (Å²) in [6, 6.07) is 0. The highest BCUT2D eigenvalue weighted by Gasteiger charge is 2.46. The van der Waals surface area contributed by atoms with Crippen LogP contribution in [0.15, 0.2) is 18.7 Å². The van der Waals surface area contributed by atoms with E-state index in [1.165, 1.54) is 25.6 Å². The molecule has 0 spiro atoms. The van der Waals surface area contributed by atoms with Crippen LogP contribution in [-0.2, 0) is 4.74 Å². The van der Waals surface area contributed by atoms with E-state index in [0.29, 0.717) is 18.2 Å². The first-order chi connectivity index (χ1) is 10.4. The molecular formula is C17H29N3O2. The molecule has 0 bridgehead atoms. The predicted molar refractivity (Wildman–Crippen MR) is 86.9 cm³/mol. The van der Waals surface area contributed by atoms with E-state index in [1.54, 1.807) is 11.0 Å². The van der Waals surface area contributed by atoms with E-state index < -0.39 is 11.2 Å². The van der Waals surface area contributed by atoms with Crippen LogP contribution in [-0.4, -0.2) is 32.3 Å². The predicted octanol–water partition coefficient (Wildman–Crippen LogP) is 3.47. The topological polar surface area (TPSA) is 60.2 Å². The van der Waals surface area contributed by atoms with Gasteiger partial charge in [0.25, 0.3) is 0 Å². The molecule has 1 aromatic heterocycles. The monoisotopic (exact) mass is 307 g/mol. The SMILES string of the molecule is CCOC(O)(C(=CC1CCCCC1)n1cncn1)C(C)(C)C. The zero-order valence-corrected chi connectivity index (χ0v) is 14.2. The van der Waals surface area contributed by atoms with Crippen LogP contribution < -0.4 is 0 Å². The average Bonchev–Trinajstić information content (AvgIpc) is 2.98. The highest BCUT2D eigenvalue weighted by molar-refractivity contribution is 5.53. The molecule has 5 heteroatoms. The number of rotatable bonds is 5. The van der Waals surface area contributed by atoms with Crippen LogP contribution in [0.1, 0.15) is 59.8 Å². The van der Waals surface area contributed by atoms with E-state index in [9.17, 15) is 5.11 Å². The minimum Gasteiger partial charge on any atom is -0.360 e. The summed E-state index contributed by atoms with van der Waals surface area (Å²) in [4.78, 5) is 4.04. The van der Waals surface area contributed by atoms with Crippen LogP contribution in [0.5, 0.6) is 0 Å². The average molecular weight is 307 g/mol. The molecule has 1 aromatic rings. The van der Waals surface area contributed by atoms with Gasteiger partial charge in [-0.2, -0.15) is 5.10 Å². The summed E-state index contributed by atoms with van der Waals surface area (Å²) >= 11 is 0. The summed E-state index contributed by atoms with van der Waals surface area (Å²) in [6.45, 7) is 8.28. The summed E-state index contributed by atoms with van der Waals surface area (Å²) in [7, 11) is 0. The first-order valence-electron chi connectivity index (χ1n) is 8.32. The fraction of sp³-hybridized carbons (Fsp3) is 0.765. The summed E-state index contributed by atoms with van der Waals surface area (Å²) in [6.07, 6.45) is 11.4. The molecule has 1 N–H and O–H groups in total. The third-order valence-electron chi connectivity index (χ3n) is 4.43. The minimum absolute atomic E-state index is 0.435. The Morgan fingerprint density at radius 3 is 2.50 bits per heavy atom. The Morgan fingerprint density at radius 1 is 1.32 bits per heavy atom. The van der Waals surface area contributed by atoms with Gasteiger partial charge in [-0.05, 0) is 25.7 Å². The normalized spacial score (nSPS) is 20.9. The van der Waals surface area contributed by atoms with E-state index in [1.807, 2.05) is 27.7 Å². The van der Waals surface area contributed by atoms with E-state index in [2.05, 4.69) is 16.2 Å². The van der Waals surface area contributed by atoms with Gasteiger partial charge in [0.15, 0.2) is 0 Å². The smallest absolute Gasteiger partial charge is 0.214 e. The largest absolute Gasteiger partial charge is 0.360 e. The molecule has 22 heavy (non-hydrogen) atoms. The number of ether oxygens (including phenoxy) is 1. The van der Waals surface area contributed by atoms with Gasteiger partial charge in [0, 0.05) is 12.0 Å². The molecule has 0 aromatic carbocycles. The van der Waals surface area contributed by atoms with Crippen molar-refractivity contribution in [1.82, 2.24) is 14.8 Å². The summed E-state index contributed by atoms with van der Waals surface area (Å²) in [5, 5.41) is 15.6. The molecule has 1 unspecified atom stereocenters. The molecule has 0 saturated heterocycles. The molecule has 124 valence electrons. The van der Waals surface area contributed by atoms with Crippen molar-refractivity contribution in [2.45, 2.75) is 65.6 Å². The second-order valence-corrected chi connectivity index (χ2v) is 7.12. The van der Waals surface area contributed by atoms with Crippen LogP contribution in [0.3, 0.4) is 0 Å². The first kappa shape index (κ1) is 17.2. The van der Waals surface area contributed by atoms with Gasteiger partial charge in [-0.1, -0.05) is 46.1 Å². The lowest BCUT2D eigenvalue weighted by atomic mass is 9.80. The van der Waals surface area contributed by atoms with Crippen LogP contribution in [0, 0.1) is 11.3 Å². The number of allylic oxidation sites excluding steroid dienone is 1. The highest BCUT2D eigenvalue weighted by atomic mass is 16.6. The Balaban J connectivity index is 2.44. The molecule has 1 aliphatic rings.